The van der Waals surface area contributed by atoms with Gasteiger partial charge in [-0.1, -0.05) is 0 Å². The van der Waals surface area contributed by atoms with E-state index in [0.717, 1.165) is 0 Å². The standard InChI is InChI=1S/C25H27NO7/c1-16(27)18-3-5-20(22(13-18)30-2)33-15-24(28)26-9-7-17(8-10-26)25(29)19-4-6-21-23(14-19)32-12-11-31-21/h3-6,13-14,17H,7-12,15H2,1-2H3. The smallest absolute Gasteiger partial charge is 0.260 e. The third-order valence-corrected chi connectivity index (χ3v) is 5.97. The maximum Gasteiger partial charge on any atom is 0.260 e. The molecule has 0 aliphatic carbocycles. The number of benzene rings is 2. The van der Waals surface area contributed by atoms with E-state index in [1.54, 1.807) is 41.3 Å². The molecule has 1 fully saturated rings. The lowest BCUT2D eigenvalue weighted by Crippen LogP contribution is -2.42. The predicted octanol–water partition coefficient (Wildman–Crippen LogP) is 3.17. The first-order valence-corrected chi connectivity index (χ1v) is 11.0. The normalized spacial score (nSPS) is 15.6. The Morgan fingerprint density at radius 1 is 0.939 bits per heavy atom. The fourth-order valence-electron chi connectivity index (χ4n) is 4.06. The molecule has 2 aromatic rings. The Kier molecular flexibility index (Phi) is 6.82. The molecule has 1 amide bonds. The van der Waals surface area contributed by atoms with Crippen molar-refractivity contribution < 1.29 is 33.3 Å². The van der Waals surface area contributed by atoms with E-state index in [1.807, 2.05) is 0 Å². The zero-order valence-corrected chi connectivity index (χ0v) is 18.8. The van der Waals surface area contributed by atoms with Crippen LogP contribution in [0.1, 0.15) is 40.5 Å². The molecule has 1 saturated heterocycles. The van der Waals surface area contributed by atoms with Crippen LogP contribution in [0.5, 0.6) is 23.0 Å². The van der Waals surface area contributed by atoms with Gasteiger partial charge in [-0.05, 0) is 56.2 Å². The van der Waals surface area contributed by atoms with Gasteiger partial charge in [-0.25, -0.2) is 0 Å². The number of carbonyl (C=O) groups is 3. The van der Waals surface area contributed by atoms with Gasteiger partial charge in [0.15, 0.2) is 41.2 Å². The summed E-state index contributed by atoms with van der Waals surface area (Å²) in [5.74, 6) is 1.75. The highest BCUT2D eigenvalue weighted by Gasteiger charge is 2.29. The van der Waals surface area contributed by atoms with Crippen LogP contribution in [0.2, 0.25) is 0 Å². The van der Waals surface area contributed by atoms with E-state index < -0.39 is 0 Å². The molecule has 2 aliphatic rings. The first kappa shape index (κ1) is 22.6. The number of methoxy groups -OCH3 is 1. The largest absolute Gasteiger partial charge is 0.493 e. The molecule has 0 N–H and O–H groups in total. The second kappa shape index (κ2) is 9.94. The van der Waals surface area contributed by atoms with Crippen LogP contribution in [0.4, 0.5) is 0 Å². The van der Waals surface area contributed by atoms with Crippen molar-refractivity contribution in [3.8, 4) is 23.0 Å². The second-order valence-corrected chi connectivity index (χ2v) is 8.09. The highest BCUT2D eigenvalue weighted by Crippen LogP contribution is 2.33. The van der Waals surface area contributed by atoms with Crippen LogP contribution in [-0.2, 0) is 4.79 Å². The number of likely N-dealkylation sites (tertiary alicyclic amines) is 1. The predicted molar refractivity (Wildman–Crippen MR) is 120 cm³/mol. The molecule has 2 heterocycles. The first-order chi connectivity index (χ1) is 16.0. The molecule has 0 aromatic heterocycles. The number of ether oxygens (including phenoxy) is 4. The van der Waals surface area contributed by atoms with Gasteiger partial charge in [-0.15, -0.1) is 0 Å². The van der Waals surface area contributed by atoms with Gasteiger partial charge < -0.3 is 23.8 Å². The Morgan fingerprint density at radius 2 is 1.64 bits per heavy atom. The molecule has 4 rings (SSSR count). The number of piperidine rings is 1. The summed E-state index contributed by atoms with van der Waals surface area (Å²) in [5, 5.41) is 0. The third-order valence-electron chi connectivity index (χ3n) is 5.97. The molecular formula is C25H27NO7. The number of amides is 1. The van der Waals surface area contributed by atoms with Crippen LogP contribution in [0.25, 0.3) is 0 Å². The average molecular weight is 453 g/mol. The lowest BCUT2D eigenvalue weighted by atomic mass is 9.88. The SMILES string of the molecule is COc1cc(C(C)=O)ccc1OCC(=O)N1CCC(C(=O)c2ccc3c(c2)OCCO3)CC1. The van der Waals surface area contributed by atoms with Crippen LogP contribution in [0.3, 0.4) is 0 Å². The van der Waals surface area contributed by atoms with Crippen LogP contribution in [-0.4, -0.2) is 62.4 Å². The molecule has 0 radical (unpaired) electrons. The summed E-state index contributed by atoms with van der Waals surface area (Å²) in [7, 11) is 1.48. The maximum absolute atomic E-state index is 13.0. The first-order valence-electron chi connectivity index (χ1n) is 11.0. The molecule has 0 saturated carbocycles. The maximum atomic E-state index is 13.0. The van der Waals surface area contributed by atoms with E-state index >= 15 is 0 Å². The highest BCUT2D eigenvalue weighted by molar-refractivity contribution is 5.98. The van der Waals surface area contributed by atoms with Crippen molar-refractivity contribution in [1.82, 2.24) is 4.90 Å². The van der Waals surface area contributed by atoms with Crippen molar-refractivity contribution in [3.63, 3.8) is 0 Å². The molecule has 0 atom stereocenters. The Hall–Kier alpha value is -3.55. The van der Waals surface area contributed by atoms with E-state index in [-0.39, 0.29) is 30.0 Å². The Bertz CT molecular complexity index is 1060. The zero-order valence-electron chi connectivity index (χ0n) is 18.8. The Morgan fingerprint density at radius 3 is 2.33 bits per heavy atom. The number of nitrogens with zero attached hydrogens (tertiary/aromatic N) is 1. The van der Waals surface area contributed by atoms with Crippen LogP contribution in [0.15, 0.2) is 36.4 Å². The second-order valence-electron chi connectivity index (χ2n) is 8.09. The molecule has 0 bridgehead atoms. The fraction of sp³-hybridized carbons (Fsp3) is 0.400. The molecule has 2 aliphatic heterocycles. The Balaban J connectivity index is 1.30. The molecular weight excluding hydrogens is 426 g/mol. The number of hydrogen-bond donors (Lipinski definition) is 0. The summed E-state index contributed by atoms with van der Waals surface area (Å²) < 4.78 is 22.0. The summed E-state index contributed by atoms with van der Waals surface area (Å²) in [6, 6.07) is 10.1. The van der Waals surface area contributed by atoms with Gasteiger partial charge in [0.2, 0.25) is 0 Å². The molecule has 8 nitrogen and oxygen atoms in total. The van der Waals surface area contributed by atoms with Gasteiger partial charge in [-0.3, -0.25) is 14.4 Å². The summed E-state index contributed by atoms with van der Waals surface area (Å²) >= 11 is 0. The highest BCUT2D eigenvalue weighted by atomic mass is 16.6. The fourth-order valence-corrected chi connectivity index (χ4v) is 4.06. The molecule has 174 valence electrons. The van der Waals surface area contributed by atoms with Gasteiger partial charge in [0, 0.05) is 30.1 Å². The minimum atomic E-state index is -0.155. The van der Waals surface area contributed by atoms with Crippen LogP contribution in [0, 0.1) is 5.92 Å². The average Bonchev–Trinajstić information content (AvgIpc) is 2.86. The summed E-state index contributed by atoms with van der Waals surface area (Å²) in [4.78, 5) is 38.8. The molecule has 2 aromatic carbocycles. The molecule has 33 heavy (non-hydrogen) atoms. The van der Waals surface area contributed by atoms with Gasteiger partial charge in [0.1, 0.15) is 13.2 Å². The van der Waals surface area contributed by atoms with Crippen molar-refractivity contribution in [3.05, 3.63) is 47.5 Å². The monoisotopic (exact) mass is 453 g/mol. The number of Topliss-reactive ketones (excluding diaryl/α,β-unsaturated/α-hetero) is 2. The van der Waals surface area contributed by atoms with Gasteiger partial charge >= 0.3 is 0 Å². The lowest BCUT2D eigenvalue weighted by molar-refractivity contribution is -0.134. The van der Waals surface area contributed by atoms with Gasteiger partial charge in [-0.2, -0.15) is 0 Å². The number of ketones is 2. The minimum Gasteiger partial charge on any atom is -0.493 e. The Labute approximate surface area is 192 Å². The van der Waals surface area contributed by atoms with Crippen molar-refractivity contribution in [2.45, 2.75) is 19.8 Å². The van der Waals surface area contributed by atoms with Gasteiger partial charge in [0.25, 0.3) is 5.91 Å². The van der Waals surface area contributed by atoms with Crippen molar-refractivity contribution in [2.24, 2.45) is 5.92 Å². The number of carbonyl (C=O) groups excluding carboxylic acids is 3. The zero-order chi connectivity index (χ0) is 23.4. The van der Waals surface area contributed by atoms with Crippen LogP contribution < -0.4 is 18.9 Å². The lowest BCUT2D eigenvalue weighted by Gasteiger charge is -2.31. The quantitative estimate of drug-likeness (QED) is 0.595. The van der Waals surface area contributed by atoms with E-state index in [0.29, 0.717) is 73.3 Å². The van der Waals surface area contributed by atoms with Crippen LogP contribution >= 0.6 is 0 Å². The van der Waals surface area contributed by atoms with Crippen molar-refractivity contribution in [1.29, 1.82) is 0 Å². The van der Waals surface area contributed by atoms with E-state index in [9.17, 15) is 14.4 Å². The van der Waals surface area contributed by atoms with Crippen molar-refractivity contribution >= 4 is 17.5 Å². The van der Waals surface area contributed by atoms with Gasteiger partial charge in [0.05, 0.1) is 7.11 Å². The molecule has 0 spiro atoms. The summed E-state index contributed by atoms with van der Waals surface area (Å²) in [6.45, 7) is 3.29. The summed E-state index contributed by atoms with van der Waals surface area (Å²) in [5.41, 5.74) is 1.11. The molecule has 0 unspecified atom stereocenters. The van der Waals surface area contributed by atoms with E-state index in [2.05, 4.69) is 0 Å². The summed E-state index contributed by atoms with van der Waals surface area (Å²) in [6.07, 6.45) is 1.19. The van der Waals surface area contributed by atoms with E-state index in [1.165, 1.54) is 14.0 Å². The topological polar surface area (TPSA) is 91.4 Å². The number of hydrogen-bond acceptors (Lipinski definition) is 7. The number of rotatable bonds is 7. The number of fused-ring (bicyclic) bond motifs is 1. The van der Waals surface area contributed by atoms with E-state index in [4.69, 9.17) is 18.9 Å². The van der Waals surface area contributed by atoms with Crippen molar-refractivity contribution in [2.75, 3.05) is 40.0 Å². The minimum absolute atomic E-state index is 0.0608. The third kappa shape index (κ3) is 5.10. The molecule has 8 heteroatoms.